The summed E-state index contributed by atoms with van der Waals surface area (Å²) in [7, 11) is 0. The summed E-state index contributed by atoms with van der Waals surface area (Å²) in [4.78, 5) is 29.5. The highest BCUT2D eigenvalue weighted by Gasteiger charge is 2.36. The molecule has 2 amide bonds. The average Bonchev–Trinajstić information content (AvgIpc) is 3.43. The summed E-state index contributed by atoms with van der Waals surface area (Å²) in [6.07, 6.45) is 3.09. The minimum Gasteiger partial charge on any atom is -0.467 e. The van der Waals surface area contributed by atoms with Crippen LogP contribution in [0.4, 0.5) is 4.79 Å². The number of hydrogen-bond acceptors (Lipinski definition) is 8. The second-order valence-electron chi connectivity index (χ2n) is 7.20. The van der Waals surface area contributed by atoms with Gasteiger partial charge in [0.25, 0.3) is 0 Å². The van der Waals surface area contributed by atoms with Gasteiger partial charge in [-0.05, 0) is 19.1 Å². The van der Waals surface area contributed by atoms with E-state index in [9.17, 15) is 9.59 Å². The molecule has 2 aliphatic heterocycles. The van der Waals surface area contributed by atoms with Crippen molar-refractivity contribution < 1.29 is 23.3 Å². The van der Waals surface area contributed by atoms with Gasteiger partial charge in [0.05, 0.1) is 24.1 Å². The number of esters is 1. The van der Waals surface area contributed by atoms with Crippen LogP contribution in [0.2, 0.25) is 0 Å². The molecule has 2 aromatic rings. The Bertz CT molecular complexity index is 885. The number of carbonyl (C=O) groups excluding carboxylic acids is 2. The molecule has 0 aromatic carbocycles. The minimum absolute atomic E-state index is 0.245. The van der Waals surface area contributed by atoms with Crippen LogP contribution in [0.5, 0.6) is 0 Å². The Hall–Kier alpha value is -3.11. The Morgan fingerprint density at radius 3 is 2.60 bits per heavy atom. The molecule has 1 atom stereocenters. The molecule has 10 heteroatoms. The van der Waals surface area contributed by atoms with Gasteiger partial charge in [0.15, 0.2) is 0 Å². The zero-order valence-electron chi connectivity index (χ0n) is 16.8. The third kappa shape index (κ3) is 4.55. The summed E-state index contributed by atoms with van der Waals surface area (Å²) in [6.45, 7) is 6.47. The first-order valence-electron chi connectivity index (χ1n) is 9.99. The van der Waals surface area contributed by atoms with Crippen LogP contribution in [0.1, 0.15) is 24.4 Å². The minimum atomic E-state index is -0.684. The van der Waals surface area contributed by atoms with Gasteiger partial charge in [0, 0.05) is 51.0 Å². The predicted octanol–water partition coefficient (Wildman–Crippen LogP) is 1.26. The van der Waals surface area contributed by atoms with Crippen molar-refractivity contribution in [3.05, 3.63) is 53.4 Å². The maximum absolute atomic E-state index is 12.7. The van der Waals surface area contributed by atoms with E-state index < -0.39 is 12.0 Å². The molecule has 0 unspecified atom stereocenters. The van der Waals surface area contributed by atoms with Crippen molar-refractivity contribution in [2.24, 2.45) is 0 Å². The Balaban J connectivity index is 1.48. The number of hydrogen-bond donors (Lipinski definition) is 2. The molecule has 160 valence electrons. The van der Waals surface area contributed by atoms with E-state index in [0.717, 1.165) is 38.4 Å². The van der Waals surface area contributed by atoms with E-state index in [1.165, 1.54) is 6.26 Å². The van der Waals surface area contributed by atoms with Gasteiger partial charge in [-0.1, -0.05) is 5.16 Å². The fourth-order valence-electron chi connectivity index (χ4n) is 3.74. The molecular formula is C20H25N5O5. The molecule has 0 radical (unpaired) electrons. The molecule has 1 fully saturated rings. The fraction of sp³-hybridized carbons (Fsp3) is 0.450. The molecule has 4 rings (SSSR count). The second kappa shape index (κ2) is 9.14. The molecule has 2 aliphatic rings. The van der Waals surface area contributed by atoms with E-state index in [4.69, 9.17) is 13.7 Å². The molecule has 0 spiro atoms. The van der Waals surface area contributed by atoms with Crippen LogP contribution >= 0.6 is 0 Å². The van der Waals surface area contributed by atoms with E-state index in [-0.39, 0.29) is 12.6 Å². The lowest BCUT2D eigenvalue weighted by molar-refractivity contribution is -0.139. The highest BCUT2D eigenvalue weighted by molar-refractivity contribution is 5.95. The van der Waals surface area contributed by atoms with Crippen LogP contribution in [0.3, 0.4) is 0 Å². The van der Waals surface area contributed by atoms with Gasteiger partial charge in [0.1, 0.15) is 18.1 Å². The lowest BCUT2D eigenvalue weighted by Crippen LogP contribution is -2.51. The highest BCUT2D eigenvalue weighted by Crippen LogP contribution is 2.28. The number of furan rings is 1. The van der Waals surface area contributed by atoms with Gasteiger partial charge in [-0.15, -0.1) is 0 Å². The second-order valence-corrected chi connectivity index (χ2v) is 7.20. The van der Waals surface area contributed by atoms with Crippen molar-refractivity contribution in [2.75, 3.05) is 39.3 Å². The number of carbonyl (C=O) groups is 2. The molecule has 1 saturated heterocycles. The maximum atomic E-state index is 12.7. The normalized spacial score (nSPS) is 20.7. The molecule has 4 heterocycles. The van der Waals surface area contributed by atoms with Gasteiger partial charge in [0.2, 0.25) is 0 Å². The fourth-order valence-corrected chi connectivity index (χ4v) is 3.74. The number of nitrogens with one attached hydrogen (secondary N) is 2. The van der Waals surface area contributed by atoms with Crippen molar-refractivity contribution in [2.45, 2.75) is 19.5 Å². The third-order valence-corrected chi connectivity index (χ3v) is 5.20. The maximum Gasteiger partial charge on any atom is 0.338 e. The van der Waals surface area contributed by atoms with Crippen molar-refractivity contribution in [3.63, 3.8) is 0 Å². The summed E-state index contributed by atoms with van der Waals surface area (Å²) < 4.78 is 15.6. The van der Waals surface area contributed by atoms with Crippen LogP contribution in [0.25, 0.3) is 0 Å². The van der Waals surface area contributed by atoms with Gasteiger partial charge in [-0.3, -0.25) is 9.80 Å². The summed E-state index contributed by atoms with van der Waals surface area (Å²) in [6, 6.07) is 4.26. The highest BCUT2D eigenvalue weighted by atomic mass is 16.5. The summed E-state index contributed by atoms with van der Waals surface area (Å²) >= 11 is 0. The van der Waals surface area contributed by atoms with Crippen molar-refractivity contribution in [3.8, 4) is 0 Å². The van der Waals surface area contributed by atoms with Crippen LogP contribution in [0.15, 0.2) is 50.9 Å². The number of rotatable bonds is 7. The molecule has 0 saturated carbocycles. The Morgan fingerprint density at radius 2 is 1.97 bits per heavy atom. The zero-order valence-corrected chi connectivity index (χ0v) is 16.8. The molecule has 0 aliphatic carbocycles. The van der Waals surface area contributed by atoms with Gasteiger partial charge in [-0.2, -0.15) is 0 Å². The molecule has 30 heavy (non-hydrogen) atoms. The number of piperazine rings is 1. The summed E-state index contributed by atoms with van der Waals surface area (Å²) in [5, 5.41) is 9.52. The van der Waals surface area contributed by atoms with E-state index in [1.807, 2.05) is 6.07 Å². The van der Waals surface area contributed by atoms with Gasteiger partial charge in [-0.25, -0.2) is 9.59 Å². The largest absolute Gasteiger partial charge is 0.467 e. The smallest absolute Gasteiger partial charge is 0.338 e. The SMILES string of the molecule is CCOC(=O)C1=C(CN2CCN(Cc3ccon3)CC2)NC(=O)N[C@@H]1c1ccco1. The Labute approximate surface area is 173 Å². The quantitative estimate of drug-likeness (QED) is 0.650. The molecular weight excluding hydrogens is 390 g/mol. The first-order valence-corrected chi connectivity index (χ1v) is 9.99. The van der Waals surface area contributed by atoms with Crippen molar-refractivity contribution in [1.82, 2.24) is 25.6 Å². The Kier molecular flexibility index (Phi) is 6.15. The molecule has 2 N–H and O–H groups in total. The van der Waals surface area contributed by atoms with Crippen LogP contribution in [-0.2, 0) is 16.1 Å². The van der Waals surface area contributed by atoms with Crippen LogP contribution in [-0.4, -0.2) is 66.3 Å². The first kappa shape index (κ1) is 20.2. The number of amides is 2. The first-order chi connectivity index (χ1) is 14.6. The molecule has 0 bridgehead atoms. The average molecular weight is 415 g/mol. The number of aromatic nitrogens is 1. The van der Waals surface area contributed by atoms with Crippen LogP contribution < -0.4 is 10.6 Å². The number of ether oxygens (including phenoxy) is 1. The van der Waals surface area contributed by atoms with E-state index >= 15 is 0 Å². The summed E-state index contributed by atoms with van der Waals surface area (Å²) in [5.41, 5.74) is 1.82. The monoisotopic (exact) mass is 415 g/mol. The lowest BCUT2D eigenvalue weighted by atomic mass is 9.99. The number of urea groups is 1. The van der Waals surface area contributed by atoms with E-state index in [0.29, 0.717) is 23.6 Å². The molecule has 2 aromatic heterocycles. The standard InChI is InChI=1S/C20H25N5O5/c1-2-28-19(26)17-15(21-20(27)22-18(17)16-4-3-10-29-16)13-25-8-6-24(7-9-25)12-14-5-11-30-23-14/h3-5,10-11,18H,2,6-9,12-13H2,1H3,(H2,21,22,27)/t18-/m1/s1. The predicted molar refractivity (Wildman–Crippen MR) is 105 cm³/mol. The Morgan fingerprint density at radius 1 is 1.20 bits per heavy atom. The summed E-state index contributed by atoms with van der Waals surface area (Å²) in [5.74, 6) is 0.0221. The third-order valence-electron chi connectivity index (χ3n) is 5.20. The number of nitrogens with zero attached hydrogens (tertiary/aromatic N) is 3. The van der Waals surface area contributed by atoms with E-state index in [1.54, 1.807) is 25.3 Å². The van der Waals surface area contributed by atoms with Crippen LogP contribution in [0, 0.1) is 0 Å². The zero-order chi connectivity index (χ0) is 20.9. The van der Waals surface area contributed by atoms with Crippen molar-refractivity contribution in [1.29, 1.82) is 0 Å². The lowest BCUT2D eigenvalue weighted by Gasteiger charge is -2.36. The van der Waals surface area contributed by atoms with E-state index in [2.05, 4.69) is 25.6 Å². The topological polar surface area (TPSA) is 113 Å². The van der Waals surface area contributed by atoms with Gasteiger partial charge >= 0.3 is 12.0 Å². The van der Waals surface area contributed by atoms with Gasteiger partial charge < -0.3 is 24.3 Å². The van der Waals surface area contributed by atoms with Crippen molar-refractivity contribution >= 4 is 12.0 Å². The molecule has 10 nitrogen and oxygen atoms in total.